The minimum Gasteiger partial charge on any atom is -0.394 e. The molecule has 4 aromatic rings. The molecule has 5 aliphatic rings. The Hall–Kier alpha value is -4.09. The lowest BCUT2D eigenvalue weighted by molar-refractivity contribution is -0.242. The summed E-state index contributed by atoms with van der Waals surface area (Å²) < 4.78 is 7.92. The van der Waals surface area contributed by atoms with Crippen LogP contribution >= 0.6 is 11.3 Å². The number of fused-ring (bicyclic) bond motifs is 2. The van der Waals surface area contributed by atoms with E-state index in [1.165, 1.54) is 12.6 Å². The van der Waals surface area contributed by atoms with Crippen molar-refractivity contribution in [3.05, 3.63) is 64.0 Å². The molecule has 2 unspecified atom stereocenters. The van der Waals surface area contributed by atoms with Crippen molar-refractivity contribution >= 4 is 55.9 Å². The predicted octanol–water partition coefficient (Wildman–Crippen LogP) is 6.35. The maximum absolute atomic E-state index is 10.7. The molecule has 3 atom stereocenters. The smallest absolute Gasteiger partial charge is 0.196 e. The molecule has 8 N–H and O–H groups in total. The first-order chi connectivity index (χ1) is 28.6. The van der Waals surface area contributed by atoms with Gasteiger partial charge in [-0.1, -0.05) is 31.3 Å². The highest BCUT2D eigenvalue weighted by Gasteiger charge is 2.66. The van der Waals surface area contributed by atoms with Gasteiger partial charge in [-0.3, -0.25) is 0 Å². The molecule has 60 heavy (non-hydrogen) atoms. The van der Waals surface area contributed by atoms with Crippen LogP contribution in [0, 0.1) is 35.5 Å². The van der Waals surface area contributed by atoms with E-state index in [2.05, 4.69) is 65.1 Å². The molecular formula is C45H61N9O5S. The average molecular weight is 840 g/mol. The van der Waals surface area contributed by atoms with E-state index in [-0.39, 0.29) is 34.1 Å². The Kier molecular flexibility index (Phi) is 11.8. The number of aryl methyl sites for hydroxylation is 1. The molecule has 4 saturated carbocycles. The van der Waals surface area contributed by atoms with Crippen LogP contribution in [0.5, 0.6) is 0 Å². The number of aromatic nitrogens is 4. The highest BCUT2D eigenvalue weighted by Crippen LogP contribution is 2.71. The number of anilines is 4. The van der Waals surface area contributed by atoms with E-state index in [4.69, 9.17) is 25.2 Å². The molecule has 0 saturated heterocycles. The maximum atomic E-state index is 10.7. The number of rotatable bonds is 17. The molecule has 14 nitrogen and oxygen atoms in total. The Labute approximate surface area is 356 Å². The van der Waals surface area contributed by atoms with Crippen molar-refractivity contribution in [2.24, 2.45) is 16.2 Å². The standard InChI is InChI=1S/C45H61N9O5S/c1-27-8-10-35-34(17-27)49-41(60-35)51-38-28(2)31-7-6-15-54(39(31)53-52-38)36-11-9-32(37(50-36)40(57)58)33(18-46)29(3)48-26-44-21-42(4)20-43(5,22-44)24-45(23-42,25-44)59-16-14-47-13-12-30(56)19-55/h8-11,17-18,30,40,46-48,55-58H,6-7,12-16,19-26H2,1-5H3,(H,49,51,52)/b33-29+,46-18?/t30-,42?,43?,44?,45?/m1/s1. The summed E-state index contributed by atoms with van der Waals surface area (Å²) in [6.45, 7) is 14.0. The number of pyridine rings is 1. The lowest BCUT2D eigenvalue weighted by Gasteiger charge is -2.69. The van der Waals surface area contributed by atoms with Crippen LogP contribution in [-0.4, -0.2) is 97.9 Å². The third-order valence-corrected chi connectivity index (χ3v) is 14.3. The zero-order valence-corrected chi connectivity index (χ0v) is 36.4. The molecule has 3 aromatic heterocycles. The zero-order valence-electron chi connectivity index (χ0n) is 35.6. The lowest BCUT2D eigenvalue weighted by Crippen LogP contribution is -2.65. The molecule has 1 aromatic carbocycles. The number of hydrogen-bond donors (Lipinski definition) is 8. The monoisotopic (exact) mass is 839 g/mol. The van der Waals surface area contributed by atoms with Gasteiger partial charge in [0.15, 0.2) is 23.1 Å². The van der Waals surface area contributed by atoms with Gasteiger partial charge < -0.3 is 51.4 Å². The van der Waals surface area contributed by atoms with E-state index in [9.17, 15) is 15.3 Å². The second kappa shape index (κ2) is 16.6. The van der Waals surface area contributed by atoms with Crippen LogP contribution in [0.25, 0.3) is 15.8 Å². The fourth-order valence-corrected chi connectivity index (χ4v) is 12.8. The predicted molar refractivity (Wildman–Crippen MR) is 236 cm³/mol. The van der Waals surface area contributed by atoms with Gasteiger partial charge in [-0.25, -0.2) is 9.97 Å². The highest BCUT2D eigenvalue weighted by atomic mass is 32.1. The van der Waals surface area contributed by atoms with Crippen molar-refractivity contribution in [2.75, 3.05) is 49.6 Å². The summed E-state index contributed by atoms with van der Waals surface area (Å²) >= 11 is 1.58. The average Bonchev–Trinajstić information content (AvgIpc) is 3.59. The Morgan fingerprint density at radius 2 is 1.78 bits per heavy atom. The third kappa shape index (κ3) is 8.54. The minimum atomic E-state index is -1.86. The van der Waals surface area contributed by atoms with Crippen LogP contribution in [0.15, 0.2) is 36.0 Å². The molecule has 0 amide bonds. The van der Waals surface area contributed by atoms with Crippen molar-refractivity contribution in [2.45, 2.75) is 110 Å². The number of aliphatic hydroxyl groups excluding tert-OH is 3. The SMILES string of the molecule is C/C(NCC12CC3(C)CC(C)(C1)CC(OCCNCC[C@@H](O)CO)(C3)C2)=C(/C=N)c1ccc(N2CCCc3c2nnc(Nc2nc4cc(C)ccc4s2)c3C)nc1C(O)O. The molecule has 4 heterocycles. The fourth-order valence-electron chi connectivity index (χ4n) is 12.0. The third-order valence-electron chi connectivity index (χ3n) is 13.4. The van der Waals surface area contributed by atoms with E-state index in [0.29, 0.717) is 61.3 Å². The summed E-state index contributed by atoms with van der Waals surface area (Å²) in [5.41, 5.74) is 6.20. The Morgan fingerprint density at radius 1 is 1.00 bits per heavy atom. The van der Waals surface area contributed by atoms with E-state index >= 15 is 0 Å². The van der Waals surface area contributed by atoms with Gasteiger partial charge in [-0.2, -0.15) is 0 Å². The normalized spacial score (nSPS) is 26.7. The van der Waals surface area contributed by atoms with Gasteiger partial charge in [0, 0.05) is 53.8 Å². The zero-order chi connectivity index (χ0) is 42.5. The van der Waals surface area contributed by atoms with Crippen molar-refractivity contribution in [3.63, 3.8) is 0 Å². The van der Waals surface area contributed by atoms with Gasteiger partial charge in [0.1, 0.15) is 11.5 Å². The summed E-state index contributed by atoms with van der Waals surface area (Å²) in [6.07, 6.45) is 7.35. The summed E-state index contributed by atoms with van der Waals surface area (Å²) in [6, 6.07) is 9.94. The van der Waals surface area contributed by atoms with Gasteiger partial charge in [-0.15, -0.1) is 10.2 Å². The highest BCUT2D eigenvalue weighted by molar-refractivity contribution is 7.22. The van der Waals surface area contributed by atoms with Gasteiger partial charge >= 0.3 is 0 Å². The van der Waals surface area contributed by atoms with Crippen molar-refractivity contribution < 1.29 is 25.2 Å². The molecule has 15 heteroatoms. The van der Waals surface area contributed by atoms with Crippen molar-refractivity contribution in [1.29, 1.82) is 5.41 Å². The lowest BCUT2D eigenvalue weighted by atomic mass is 9.39. The number of hydrogen-bond acceptors (Lipinski definition) is 15. The van der Waals surface area contributed by atoms with E-state index < -0.39 is 12.4 Å². The minimum absolute atomic E-state index is 0.0104. The number of nitrogens with zero attached hydrogens (tertiary/aromatic N) is 5. The topological polar surface area (TPSA) is 205 Å². The number of thiazole rings is 1. The second-order valence-electron chi connectivity index (χ2n) is 18.9. The molecule has 322 valence electrons. The number of aliphatic hydroxyl groups is 4. The molecule has 4 aliphatic carbocycles. The summed E-state index contributed by atoms with van der Waals surface area (Å²) in [5, 5.41) is 69.3. The molecule has 4 bridgehead atoms. The number of benzene rings is 1. The van der Waals surface area contributed by atoms with Crippen LogP contribution < -0.4 is 20.9 Å². The van der Waals surface area contributed by atoms with E-state index in [1.54, 1.807) is 11.3 Å². The molecule has 9 rings (SSSR count). The molecule has 0 radical (unpaired) electrons. The van der Waals surface area contributed by atoms with Crippen LogP contribution in [-0.2, 0) is 11.2 Å². The number of ether oxygens (including phenoxy) is 1. The van der Waals surface area contributed by atoms with E-state index in [1.807, 2.05) is 30.9 Å². The van der Waals surface area contributed by atoms with Crippen LogP contribution in [0.3, 0.4) is 0 Å². The fraction of sp³-hybridized carbons (Fsp3) is 0.578. The first kappa shape index (κ1) is 42.6. The van der Waals surface area contributed by atoms with Crippen LogP contribution in [0.2, 0.25) is 0 Å². The van der Waals surface area contributed by atoms with Gasteiger partial charge in [0.2, 0.25) is 0 Å². The van der Waals surface area contributed by atoms with Crippen LogP contribution in [0.4, 0.5) is 22.6 Å². The summed E-state index contributed by atoms with van der Waals surface area (Å²) in [7, 11) is 0. The maximum Gasteiger partial charge on any atom is 0.196 e. The Bertz CT molecular complexity index is 2260. The Balaban J connectivity index is 0.992. The van der Waals surface area contributed by atoms with Gasteiger partial charge in [0.25, 0.3) is 0 Å². The largest absolute Gasteiger partial charge is 0.394 e. The quantitative estimate of drug-likeness (QED) is 0.0332. The van der Waals surface area contributed by atoms with Crippen molar-refractivity contribution in [3.8, 4) is 0 Å². The number of allylic oxidation sites excluding steroid dienone is 2. The van der Waals surface area contributed by atoms with Crippen LogP contribution in [0.1, 0.15) is 106 Å². The Morgan fingerprint density at radius 3 is 2.52 bits per heavy atom. The first-order valence-electron chi connectivity index (χ1n) is 21.4. The van der Waals surface area contributed by atoms with Gasteiger partial charge in [-0.05, 0) is 131 Å². The molecule has 0 spiro atoms. The molecule has 4 fully saturated rings. The molecular weight excluding hydrogens is 779 g/mol. The summed E-state index contributed by atoms with van der Waals surface area (Å²) in [5.74, 6) is 1.88. The summed E-state index contributed by atoms with van der Waals surface area (Å²) in [4.78, 5) is 11.6. The second-order valence-corrected chi connectivity index (χ2v) is 20.0. The first-order valence-corrected chi connectivity index (χ1v) is 22.2. The van der Waals surface area contributed by atoms with Gasteiger partial charge in [0.05, 0.1) is 35.1 Å². The number of nitrogens with one attached hydrogen (secondary N) is 4. The van der Waals surface area contributed by atoms with E-state index in [0.717, 1.165) is 89.2 Å². The van der Waals surface area contributed by atoms with Crippen molar-refractivity contribution in [1.82, 2.24) is 30.8 Å². The molecule has 1 aliphatic heterocycles.